The highest BCUT2D eigenvalue weighted by Gasteiger charge is 2.42. The van der Waals surface area contributed by atoms with Crippen LogP contribution in [0.25, 0.3) is 0 Å². The molecule has 1 atom stereocenters. The molecule has 1 heterocycles. The Hall–Kier alpha value is -2.83. The first-order valence-corrected chi connectivity index (χ1v) is 8.39. The summed E-state index contributed by atoms with van der Waals surface area (Å²) < 4.78 is 34.8. The molecule has 0 saturated heterocycles. The normalized spacial score (nSPS) is 19.2. The van der Waals surface area contributed by atoms with E-state index >= 15 is 0 Å². The van der Waals surface area contributed by atoms with Crippen LogP contribution in [-0.2, 0) is 0 Å². The number of rotatable bonds is 5. The molecule has 4 rings (SSSR count). The zero-order valence-corrected chi connectivity index (χ0v) is 14.1. The minimum atomic E-state index is -2.93. The minimum Gasteiger partial charge on any atom is -0.493 e. The number of carbonyl (C=O) groups is 1. The molecule has 0 unspecified atom stereocenters. The second kappa shape index (κ2) is 6.48. The van der Waals surface area contributed by atoms with Gasteiger partial charge in [-0.15, -0.1) is 0 Å². The van der Waals surface area contributed by atoms with E-state index in [0.717, 1.165) is 24.1 Å². The fourth-order valence-electron chi connectivity index (χ4n) is 3.29. The summed E-state index contributed by atoms with van der Waals surface area (Å²) >= 11 is 0. The SMILES string of the molecule is COc1cc([C@H]2Nc3ccccc3C(=O)N2C2CC2)ccc1OC(F)F. The molecule has 1 fully saturated rings. The lowest BCUT2D eigenvalue weighted by molar-refractivity contribution is -0.0512. The van der Waals surface area contributed by atoms with E-state index in [1.165, 1.54) is 13.2 Å². The number of amides is 1. The number of hydrogen-bond acceptors (Lipinski definition) is 4. The number of halogens is 2. The van der Waals surface area contributed by atoms with E-state index in [0.29, 0.717) is 5.56 Å². The topological polar surface area (TPSA) is 50.8 Å². The third kappa shape index (κ3) is 2.94. The molecular weight excluding hydrogens is 342 g/mol. The predicted octanol–water partition coefficient (Wildman–Crippen LogP) is 4.03. The van der Waals surface area contributed by atoms with Crippen LogP contribution in [0.1, 0.15) is 34.9 Å². The molecule has 5 nitrogen and oxygen atoms in total. The van der Waals surface area contributed by atoms with Crippen molar-refractivity contribution in [2.24, 2.45) is 0 Å². The molecule has 1 aliphatic heterocycles. The molecule has 2 aliphatic rings. The Bertz CT molecular complexity index is 839. The Morgan fingerprint density at radius 3 is 2.62 bits per heavy atom. The molecule has 1 amide bonds. The van der Waals surface area contributed by atoms with Gasteiger partial charge in [-0.3, -0.25) is 4.79 Å². The van der Waals surface area contributed by atoms with Gasteiger partial charge in [-0.2, -0.15) is 8.78 Å². The number of para-hydroxylation sites is 1. The Morgan fingerprint density at radius 1 is 1.15 bits per heavy atom. The third-order valence-corrected chi connectivity index (χ3v) is 4.62. The number of fused-ring (bicyclic) bond motifs is 1. The van der Waals surface area contributed by atoms with E-state index in [-0.39, 0.29) is 29.6 Å². The van der Waals surface area contributed by atoms with Crippen molar-refractivity contribution in [3.63, 3.8) is 0 Å². The number of carbonyl (C=O) groups excluding carboxylic acids is 1. The molecule has 1 aliphatic carbocycles. The van der Waals surface area contributed by atoms with Gasteiger partial charge in [0.15, 0.2) is 11.5 Å². The molecule has 0 aromatic heterocycles. The molecule has 0 bridgehead atoms. The van der Waals surface area contributed by atoms with Crippen LogP contribution in [0.15, 0.2) is 42.5 Å². The first-order chi connectivity index (χ1) is 12.6. The van der Waals surface area contributed by atoms with Gasteiger partial charge >= 0.3 is 6.61 Å². The lowest BCUT2D eigenvalue weighted by Gasteiger charge is -2.38. The van der Waals surface area contributed by atoms with Crippen LogP contribution < -0.4 is 14.8 Å². The van der Waals surface area contributed by atoms with E-state index in [2.05, 4.69) is 10.1 Å². The number of nitrogens with zero attached hydrogens (tertiary/aromatic N) is 1. The molecule has 2 aromatic rings. The van der Waals surface area contributed by atoms with Crippen molar-refractivity contribution in [1.82, 2.24) is 4.90 Å². The number of hydrogen-bond donors (Lipinski definition) is 1. The van der Waals surface area contributed by atoms with E-state index < -0.39 is 6.61 Å². The molecule has 2 aromatic carbocycles. The summed E-state index contributed by atoms with van der Waals surface area (Å²) in [5, 5.41) is 3.39. The Morgan fingerprint density at radius 2 is 1.92 bits per heavy atom. The fraction of sp³-hybridized carbons (Fsp3) is 0.316. The summed E-state index contributed by atoms with van der Waals surface area (Å²) in [4.78, 5) is 14.8. The predicted molar refractivity (Wildman–Crippen MR) is 91.6 cm³/mol. The quantitative estimate of drug-likeness (QED) is 0.875. The van der Waals surface area contributed by atoms with Crippen molar-refractivity contribution >= 4 is 11.6 Å². The fourth-order valence-corrected chi connectivity index (χ4v) is 3.29. The van der Waals surface area contributed by atoms with Crippen LogP contribution in [0.4, 0.5) is 14.5 Å². The van der Waals surface area contributed by atoms with E-state index in [1.54, 1.807) is 18.2 Å². The maximum atomic E-state index is 13.0. The standard InChI is InChI=1S/C19H18F2N2O3/c1-25-16-10-11(6-9-15(16)26-19(20)21)17-22-14-5-3-2-4-13(14)18(24)23(17)12-7-8-12/h2-6,9-10,12,17,19,22H,7-8H2,1H3/t17-/m0/s1. The van der Waals surface area contributed by atoms with E-state index in [4.69, 9.17) is 4.74 Å². The van der Waals surface area contributed by atoms with Gasteiger partial charge in [0.1, 0.15) is 6.17 Å². The summed E-state index contributed by atoms with van der Waals surface area (Å²) in [6.07, 6.45) is 1.52. The average molecular weight is 360 g/mol. The van der Waals surface area contributed by atoms with Gasteiger partial charge in [0, 0.05) is 11.7 Å². The van der Waals surface area contributed by atoms with Crippen molar-refractivity contribution in [1.29, 1.82) is 0 Å². The van der Waals surface area contributed by atoms with Gasteiger partial charge in [-0.05, 0) is 42.7 Å². The summed E-state index contributed by atoms with van der Waals surface area (Å²) in [7, 11) is 1.39. The second-order valence-electron chi connectivity index (χ2n) is 6.32. The highest BCUT2D eigenvalue weighted by molar-refractivity contribution is 6.02. The molecular formula is C19H18F2N2O3. The zero-order valence-electron chi connectivity index (χ0n) is 14.1. The van der Waals surface area contributed by atoms with Crippen molar-refractivity contribution < 1.29 is 23.0 Å². The number of benzene rings is 2. The van der Waals surface area contributed by atoms with Crippen molar-refractivity contribution in [2.75, 3.05) is 12.4 Å². The van der Waals surface area contributed by atoms with E-state index in [1.807, 2.05) is 23.1 Å². The third-order valence-electron chi connectivity index (χ3n) is 4.62. The second-order valence-corrected chi connectivity index (χ2v) is 6.32. The summed E-state index contributed by atoms with van der Waals surface area (Å²) in [6.45, 7) is -2.93. The zero-order chi connectivity index (χ0) is 18.3. The summed E-state index contributed by atoms with van der Waals surface area (Å²) in [5.74, 6) is 0.136. The summed E-state index contributed by atoms with van der Waals surface area (Å²) in [6, 6.07) is 12.3. The smallest absolute Gasteiger partial charge is 0.387 e. The van der Waals surface area contributed by atoms with Crippen LogP contribution in [0.5, 0.6) is 11.5 Å². The average Bonchev–Trinajstić information content (AvgIpc) is 3.46. The van der Waals surface area contributed by atoms with Crippen LogP contribution >= 0.6 is 0 Å². The van der Waals surface area contributed by atoms with Crippen LogP contribution in [0.3, 0.4) is 0 Å². The molecule has 7 heteroatoms. The van der Waals surface area contributed by atoms with Crippen LogP contribution in [0, 0.1) is 0 Å². The molecule has 1 N–H and O–H groups in total. The number of alkyl halides is 2. The van der Waals surface area contributed by atoms with Gasteiger partial charge < -0.3 is 19.7 Å². The summed E-state index contributed by atoms with van der Waals surface area (Å²) in [5.41, 5.74) is 2.14. The monoisotopic (exact) mass is 360 g/mol. The molecule has 26 heavy (non-hydrogen) atoms. The Balaban J connectivity index is 1.73. The molecule has 0 radical (unpaired) electrons. The first-order valence-electron chi connectivity index (χ1n) is 8.39. The van der Waals surface area contributed by atoms with Crippen molar-refractivity contribution in [3.05, 3.63) is 53.6 Å². The first kappa shape index (κ1) is 16.6. The molecule has 1 saturated carbocycles. The molecule has 0 spiro atoms. The van der Waals surface area contributed by atoms with Gasteiger partial charge in [0.2, 0.25) is 0 Å². The number of anilines is 1. The van der Waals surface area contributed by atoms with Gasteiger partial charge in [0.05, 0.1) is 12.7 Å². The van der Waals surface area contributed by atoms with Gasteiger partial charge in [-0.1, -0.05) is 18.2 Å². The number of nitrogens with one attached hydrogen (secondary N) is 1. The van der Waals surface area contributed by atoms with Gasteiger partial charge in [0.25, 0.3) is 5.91 Å². The molecule has 136 valence electrons. The lowest BCUT2D eigenvalue weighted by atomic mass is 10.0. The number of ether oxygens (including phenoxy) is 2. The van der Waals surface area contributed by atoms with Crippen LogP contribution in [-0.4, -0.2) is 30.6 Å². The van der Waals surface area contributed by atoms with Crippen LogP contribution in [0.2, 0.25) is 0 Å². The van der Waals surface area contributed by atoms with Crippen molar-refractivity contribution in [3.8, 4) is 11.5 Å². The maximum Gasteiger partial charge on any atom is 0.387 e. The number of methoxy groups -OCH3 is 1. The van der Waals surface area contributed by atoms with Gasteiger partial charge in [-0.25, -0.2) is 0 Å². The van der Waals surface area contributed by atoms with Crippen molar-refractivity contribution in [2.45, 2.75) is 31.7 Å². The Kier molecular flexibility index (Phi) is 4.14. The Labute approximate surface area is 149 Å². The minimum absolute atomic E-state index is 0.0290. The van der Waals surface area contributed by atoms with E-state index in [9.17, 15) is 13.6 Å². The largest absolute Gasteiger partial charge is 0.493 e. The lowest BCUT2D eigenvalue weighted by Crippen LogP contribution is -2.44. The highest BCUT2D eigenvalue weighted by Crippen LogP contribution is 2.42. The maximum absolute atomic E-state index is 13.0. The highest BCUT2D eigenvalue weighted by atomic mass is 19.3.